The molecule has 0 fully saturated rings. The second-order valence-electron chi connectivity index (χ2n) is 5.81. The summed E-state index contributed by atoms with van der Waals surface area (Å²) in [6.45, 7) is 7.45. The van der Waals surface area contributed by atoms with Crippen LogP contribution in [0.1, 0.15) is 34.2 Å². The van der Waals surface area contributed by atoms with Crippen LogP contribution in [-0.2, 0) is 13.1 Å². The van der Waals surface area contributed by atoms with Crippen molar-refractivity contribution in [3.05, 3.63) is 71.6 Å². The number of para-hydroxylation sites is 1. The molecule has 0 spiro atoms. The van der Waals surface area contributed by atoms with Crippen LogP contribution in [0.2, 0.25) is 0 Å². The average molecular weight is 322 g/mol. The number of imidazole rings is 1. The number of nitrogens with one attached hydrogen (secondary N) is 1. The molecule has 0 aliphatic rings. The number of hydrogen-bond acceptors (Lipinski definition) is 2. The number of rotatable bonds is 5. The topological polar surface area (TPSA) is 51.9 Å². The van der Waals surface area contributed by atoms with E-state index in [1.807, 2.05) is 54.9 Å². The summed E-state index contributed by atoms with van der Waals surface area (Å²) in [7, 11) is 0. The first-order valence-electron chi connectivity index (χ1n) is 8.13. The summed E-state index contributed by atoms with van der Waals surface area (Å²) in [5.41, 5.74) is 4.94. The Labute approximate surface area is 142 Å². The van der Waals surface area contributed by atoms with Gasteiger partial charge in [-0.05, 0) is 38.5 Å². The summed E-state index contributed by atoms with van der Waals surface area (Å²) < 4.78 is 4.10. The Morgan fingerprint density at radius 1 is 1.25 bits per heavy atom. The molecule has 3 aromatic rings. The Hall–Kier alpha value is -2.82. The fraction of sp³-hybridized carbons (Fsp3) is 0.263. The molecule has 1 amide bonds. The van der Waals surface area contributed by atoms with Crippen LogP contribution in [-0.4, -0.2) is 20.0 Å². The van der Waals surface area contributed by atoms with Crippen LogP contribution in [0.25, 0.3) is 5.69 Å². The minimum absolute atomic E-state index is 0.0387. The van der Waals surface area contributed by atoms with Gasteiger partial charge in [0.1, 0.15) is 0 Å². The minimum Gasteiger partial charge on any atom is -0.349 e. The van der Waals surface area contributed by atoms with Gasteiger partial charge in [-0.15, -0.1) is 0 Å². The SMILES string of the molecule is CCn1c(C)cc(C(=O)NCc2ccccc2-n2ccnc2)c1C. The van der Waals surface area contributed by atoms with E-state index in [0.717, 1.165) is 34.7 Å². The zero-order valence-electron chi connectivity index (χ0n) is 14.3. The van der Waals surface area contributed by atoms with E-state index in [0.29, 0.717) is 6.54 Å². The quantitative estimate of drug-likeness (QED) is 0.784. The summed E-state index contributed by atoms with van der Waals surface area (Å²) in [4.78, 5) is 16.7. The van der Waals surface area contributed by atoms with E-state index in [-0.39, 0.29) is 5.91 Å². The van der Waals surface area contributed by atoms with Crippen LogP contribution in [0.15, 0.2) is 49.1 Å². The lowest BCUT2D eigenvalue weighted by Crippen LogP contribution is -2.24. The van der Waals surface area contributed by atoms with Crippen molar-refractivity contribution < 1.29 is 4.79 Å². The van der Waals surface area contributed by atoms with Crippen molar-refractivity contribution in [3.8, 4) is 5.69 Å². The Bertz CT molecular complexity index is 846. The number of carbonyl (C=O) groups excluding carboxylic acids is 1. The summed E-state index contributed by atoms with van der Waals surface area (Å²) in [5, 5.41) is 3.04. The molecule has 1 aromatic carbocycles. The third-order valence-corrected chi connectivity index (χ3v) is 4.35. The van der Waals surface area contributed by atoms with Crippen LogP contribution in [0.4, 0.5) is 0 Å². The monoisotopic (exact) mass is 322 g/mol. The van der Waals surface area contributed by atoms with Crippen LogP contribution in [0.3, 0.4) is 0 Å². The van der Waals surface area contributed by atoms with E-state index in [2.05, 4.69) is 21.8 Å². The van der Waals surface area contributed by atoms with Crippen molar-refractivity contribution in [1.82, 2.24) is 19.4 Å². The van der Waals surface area contributed by atoms with Gasteiger partial charge in [0.2, 0.25) is 0 Å². The molecule has 0 bridgehead atoms. The van der Waals surface area contributed by atoms with Gasteiger partial charge in [0.05, 0.1) is 17.6 Å². The molecule has 0 aliphatic heterocycles. The number of amides is 1. The summed E-state index contributed by atoms with van der Waals surface area (Å²) in [6, 6.07) is 9.95. The lowest BCUT2D eigenvalue weighted by atomic mass is 10.1. The van der Waals surface area contributed by atoms with Crippen LogP contribution in [0.5, 0.6) is 0 Å². The van der Waals surface area contributed by atoms with Crippen molar-refractivity contribution in [3.63, 3.8) is 0 Å². The predicted molar refractivity (Wildman–Crippen MR) is 94.3 cm³/mol. The minimum atomic E-state index is -0.0387. The normalized spacial score (nSPS) is 10.8. The standard InChI is InChI=1S/C19H22N4O/c1-4-23-14(2)11-17(15(23)3)19(24)21-12-16-7-5-6-8-18(16)22-10-9-20-13-22/h5-11,13H,4,12H2,1-3H3,(H,21,24). The van der Waals surface area contributed by atoms with E-state index < -0.39 is 0 Å². The van der Waals surface area contributed by atoms with E-state index in [9.17, 15) is 4.79 Å². The fourth-order valence-electron chi connectivity index (χ4n) is 3.10. The van der Waals surface area contributed by atoms with Gasteiger partial charge in [-0.25, -0.2) is 4.98 Å². The molecule has 1 N–H and O–H groups in total. The van der Waals surface area contributed by atoms with Gasteiger partial charge in [0, 0.05) is 36.9 Å². The van der Waals surface area contributed by atoms with Crippen molar-refractivity contribution in [2.24, 2.45) is 0 Å². The number of aryl methyl sites for hydroxylation is 1. The van der Waals surface area contributed by atoms with Gasteiger partial charge < -0.3 is 14.5 Å². The van der Waals surface area contributed by atoms with Crippen molar-refractivity contribution in [2.75, 3.05) is 0 Å². The van der Waals surface area contributed by atoms with Crippen LogP contribution < -0.4 is 5.32 Å². The predicted octanol–water partition coefficient (Wildman–Crippen LogP) is 3.24. The van der Waals surface area contributed by atoms with Crippen LogP contribution in [0, 0.1) is 13.8 Å². The molecule has 3 rings (SSSR count). The average Bonchev–Trinajstić information content (AvgIpc) is 3.21. The molecule has 0 aliphatic carbocycles. The first-order valence-corrected chi connectivity index (χ1v) is 8.13. The number of nitrogens with zero attached hydrogens (tertiary/aromatic N) is 3. The molecule has 2 aromatic heterocycles. The second-order valence-corrected chi connectivity index (χ2v) is 5.81. The zero-order valence-corrected chi connectivity index (χ0v) is 14.3. The third kappa shape index (κ3) is 2.97. The van der Waals surface area contributed by atoms with E-state index >= 15 is 0 Å². The smallest absolute Gasteiger partial charge is 0.253 e. The third-order valence-electron chi connectivity index (χ3n) is 4.35. The van der Waals surface area contributed by atoms with Crippen molar-refractivity contribution >= 4 is 5.91 Å². The van der Waals surface area contributed by atoms with Gasteiger partial charge in [-0.1, -0.05) is 18.2 Å². The Kier molecular flexibility index (Phi) is 4.51. The van der Waals surface area contributed by atoms with Crippen molar-refractivity contribution in [1.29, 1.82) is 0 Å². The maximum atomic E-state index is 12.6. The largest absolute Gasteiger partial charge is 0.349 e. The first-order chi connectivity index (χ1) is 11.6. The molecule has 124 valence electrons. The highest BCUT2D eigenvalue weighted by Crippen LogP contribution is 2.17. The number of hydrogen-bond donors (Lipinski definition) is 1. The molecular weight excluding hydrogens is 300 g/mol. The molecule has 0 atom stereocenters. The van der Waals surface area contributed by atoms with Crippen molar-refractivity contribution in [2.45, 2.75) is 33.9 Å². The van der Waals surface area contributed by atoms with Crippen LogP contribution >= 0.6 is 0 Å². The zero-order chi connectivity index (χ0) is 17.1. The highest BCUT2D eigenvalue weighted by Gasteiger charge is 2.15. The maximum absolute atomic E-state index is 12.6. The lowest BCUT2D eigenvalue weighted by Gasteiger charge is -2.11. The molecule has 0 saturated carbocycles. The molecular formula is C19H22N4O. The Morgan fingerprint density at radius 2 is 2.04 bits per heavy atom. The van der Waals surface area contributed by atoms with Gasteiger partial charge >= 0.3 is 0 Å². The highest BCUT2D eigenvalue weighted by molar-refractivity contribution is 5.95. The molecule has 24 heavy (non-hydrogen) atoms. The Morgan fingerprint density at radius 3 is 2.71 bits per heavy atom. The first kappa shape index (κ1) is 16.1. The van der Waals surface area contributed by atoms with Gasteiger partial charge in [-0.2, -0.15) is 0 Å². The van der Waals surface area contributed by atoms with E-state index in [1.54, 1.807) is 12.5 Å². The molecule has 5 nitrogen and oxygen atoms in total. The summed E-state index contributed by atoms with van der Waals surface area (Å²) in [6.07, 6.45) is 5.40. The fourth-order valence-corrected chi connectivity index (χ4v) is 3.10. The number of carbonyl (C=O) groups is 1. The summed E-state index contributed by atoms with van der Waals surface area (Å²) in [5.74, 6) is -0.0387. The maximum Gasteiger partial charge on any atom is 0.253 e. The number of benzene rings is 1. The number of aromatic nitrogens is 3. The highest BCUT2D eigenvalue weighted by atomic mass is 16.1. The molecule has 2 heterocycles. The van der Waals surface area contributed by atoms with E-state index in [1.165, 1.54) is 0 Å². The molecule has 0 saturated heterocycles. The molecule has 0 unspecified atom stereocenters. The van der Waals surface area contributed by atoms with E-state index in [4.69, 9.17) is 0 Å². The second kappa shape index (κ2) is 6.74. The summed E-state index contributed by atoms with van der Waals surface area (Å²) >= 11 is 0. The lowest BCUT2D eigenvalue weighted by molar-refractivity contribution is 0.0950. The van der Waals surface area contributed by atoms with Gasteiger partial charge in [0.25, 0.3) is 5.91 Å². The Balaban J connectivity index is 1.79. The van der Waals surface area contributed by atoms with Gasteiger partial charge in [-0.3, -0.25) is 4.79 Å². The van der Waals surface area contributed by atoms with Gasteiger partial charge in [0.15, 0.2) is 0 Å². The molecule has 5 heteroatoms. The molecule has 0 radical (unpaired) electrons.